The van der Waals surface area contributed by atoms with Crippen LogP contribution in [0.2, 0.25) is 5.28 Å². The van der Waals surface area contributed by atoms with Crippen molar-refractivity contribution in [3.63, 3.8) is 0 Å². The van der Waals surface area contributed by atoms with E-state index in [0.29, 0.717) is 0 Å². The van der Waals surface area contributed by atoms with E-state index in [9.17, 15) is 14.0 Å². The van der Waals surface area contributed by atoms with Gasteiger partial charge in [-0.3, -0.25) is 9.59 Å². The lowest BCUT2D eigenvalue weighted by molar-refractivity contribution is -0.163. The van der Waals surface area contributed by atoms with Crippen LogP contribution in [-0.4, -0.2) is 34.6 Å². The van der Waals surface area contributed by atoms with E-state index in [1.165, 1.54) is 0 Å². The number of hydrogen-bond donors (Lipinski definition) is 0. The van der Waals surface area contributed by atoms with Crippen LogP contribution in [0.25, 0.3) is 0 Å². The van der Waals surface area contributed by atoms with E-state index in [0.717, 1.165) is 13.3 Å². The quantitative estimate of drug-likeness (QED) is 0.482. The maximum absolute atomic E-state index is 13.7. The van der Waals surface area contributed by atoms with Crippen molar-refractivity contribution in [1.29, 1.82) is 0 Å². The molecule has 1 rings (SSSR count). The zero-order valence-corrected chi connectivity index (χ0v) is 12.2. The fourth-order valence-corrected chi connectivity index (χ4v) is 1.50. The van der Waals surface area contributed by atoms with E-state index in [-0.39, 0.29) is 5.28 Å². The van der Waals surface area contributed by atoms with Gasteiger partial charge in [0.1, 0.15) is 11.3 Å². The molecule has 0 amide bonds. The highest BCUT2D eigenvalue weighted by Gasteiger charge is 2.37. The summed E-state index contributed by atoms with van der Waals surface area (Å²) in [4.78, 5) is 30.7. The largest absolute Gasteiger partial charge is 0.468 e. The molecule has 1 unspecified atom stereocenters. The number of methoxy groups -OCH3 is 1. The first-order chi connectivity index (χ1) is 9.15. The van der Waals surface area contributed by atoms with Gasteiger partial charge in [-0.2, -0.15) is 0 Å². The van der Waals surface area contributed by atoms with Crippen molar-refractivity contribution < 1.29 is 23.5 Å². The maximum atomic E-state index is 13.7. The van der Waals surface area contributed by atoms with Crippen LogP contribution in [0.4, 0.5) is 4.39 Å². The second-order valence-corrected chi connectivity index (χ2v) is 5.20. The third-order valence-electron chi connectivity index (χ3n) is 2.09. The summed E-state index contributed by atoms with van der Waals surface area (Å²) in [6, 6.07) is 0. The normalized spacial score (nSPS) is 12.7. The van der Waals surface area contributed by atoms with Crippen LogP contribution in [0.5, 0.6) is 0 Å². The van der Waals surface area contributed by atoms with Crippen LogP contribution in [0.1, 0.15) is 32.4 Å². The van der Waals surface area contributed by atoms with Crippen LogP contribution in [0, 0.1) is 5.82 Å². The van der Waals surface area contributed by atoms with Gasteiger partial charge in [0.25, 0.3) is 0 Å². The number of carbonyl (C=O) groups excluding carboxylic acids is 2. The van der Waals surface area contributed by atoms with E-state index in [4.69, 9.17) is 16.3 Å². The van der Waals surface area contributed by atoms with Crippen molar-refractivity contribution in [1.82, 2.24) is 9.97 Å². The Labute approximate surface area is 120 Å². The second kappa shape index (κ2) is 6.13. The van der Waals surface area contributed by atoms with Gasteiger partial charge in [-0.25, -0.2) is 14.4 Å². The second-order valence-electron chi connectivity index (χ2n) is 4.86. The fourth-order valence-electron chi connectivity index (χ4n) is 1.36. The van der Waals surface area contributed by atoms with Crippen molar-refractivity contribution in [3.05, 3.63) is 23.0 Å². The van der Waals surface area contributed by atoms with Crippen LogP contribution < -0.4 is 0 Å². The minimum absolute atomic E-state index is 0.293. The van der Waals surface area contributed by atoms with Gasteiger partial charge in [-0.15, -0.1) is 0 Å². The number of aromatic nitrogens is 2. The first-order valence-corrected chi connectivity index (χ1v) is 6.02. The Bertz CT molecular complexity index is 531. The van der Waals surface area contributed by atoms with E-state index in [1.807, 2.05) is 0 Å². The molecule has 0 aliphatic carbocycles. The van der Waals surface area contributed by atoms with E-state index in [1.54, 1.807) is 20.8 Å². The number of carbonyl (C=O) groups is 2. The summed E-state index contributed by atoms with van der Waals surface area (Å²) in [6.45, 7) is 4.84. The molecule has 0 N–H and O–H groups in total. The summed E-state index contributed by atoms with van der Waals surface area (Å²) in [6.07, 6.45) is 0.769. The van der Waals surface area contributed by atoms with Gasteiger partial charge in [0.15, 0.2) is 11.7 Å². The summed E-state index contributed by atoms with van der Waals surface area (Å²) in [7, 11) is 1.07. The molecule has 0 saturated heterocycles. The molecule has 110 valence electrons. The van der Waals surface area contributed by atoms with Gasteiger partial charge in [0, 0.05) is 0 Å². The van der Waals surface area contributed by atoms with Crippen LogP contribution in [-0.2, 0) is 19.1 Å². The topological polar surface area (TPSA) is 78.4 Å². The van der Waals surface area contributed by atoms with E-state index in [2.05, 4.69) is 14.7 Å². The smallest absolute Gasteiger partial charge is 0.327 e. The number of halogens is 2. The van der Waals surface area contributed by atoms with Crippen LogP contribution in [0.3, 0.4) is 0 Å². The summed E-state index contributed by atoms with van der Waals surface area (Å²) in [5.41, 5.74) is -1.33. The minimum Gasteiger partial charge on any atom is -0.468 e. The summed E-state index contributed by atoms with van der Waals surface area (Å²) < 4.78 is 23.3. The lowest BCUT2D eigenvalue weighted by Gasteiger charge is -2.22. The number of rotatable bonds is 3. The van der Waals surface area contributed by atoms with Crippen LogP contribution >= 0.6 is 11.6 Å². The van der Waals surface area contributed by atoms with Crippen molar-refractivity contribution in [3.8, 4) is 0 Å². The third kappa shape index (κ3) is 4.12. The number of hydrogen-bond acceptors (Lipinski definition) is 6. The van der Waals surface area contributed by atoms with Crippen molar-refractivity contribution >= 4 is 23.5 Å². The highest BCUT2D eigenvalue weighted by Crippen LogP contribution is 2.23. The Morgan fingerprint density at radius 1 is 1.35 bits per heavy atom. The molecule has 0 aromatic carbocycles. The Morgan fingerprint density at radius 3 is 2.45 bits per heavy atom. The average Bonchev–Trinajstić information content (AvgIpc) is 2.31. The Balaban J connectivity index is 3.22. The Kier molecular flexibility index (Phi) is 4.99. The lowest BCUT2D eigenvalue weighted by Crippen LogP contribution is -2.33. The number of esters is 2. The molecule has 0 aliphatic rings. The number of nitrogens with zero attached hydrogens (tertiary/aromatic N) is 2. The summed E-state index contributed by atoms with van der Waals surface area (Å²) >= 11 is 5.55. The van der Waals surface area contributed by atoms with Gasteiger partial charge in [0.05, 0.1) is 13.3 Å². The molecule has 0 fully saturated rings. The van der Waals surface area contributed by atoms with Crippen molar-refractivity contribution in [2.45, 2.75) is 32.3 Å². The Morgan fingerprint density at radius 2 is 1.95 bits per heavy atom. The predicted octanol–water partition coefficient (Wildman–Crippen LogP) is 1.87. The molecule has 1 heterocycles. The molecule has 1 atom stereocenters. The highest BCUT2D eigenvalue weighted by atomic mass is 35.5. The van der Waals surface area contributed by atoms with Gasteiger partial charge >= 0.3 is 11.9 Å². The van der Waals surface area contributed by atoms with Gasteiger partial charge in [0.2, 0.25) is 5.28 Å². The molecule has 20 heavy (non-hydrogen) atoms. The fraction of sp³-hybridized carbons (Fsp3) is 0.500. The summed E-state index contributed by atoms with van der Waals surface area (Å²) in [5.74, 6) is -4.57. The molecule has 0 aliphatic heterocycles. The third-order valence-corrected chi connectivity index (χ3v) is 2.28. The highest BCUT2D eigenvalue weighted by molar-refractivity contribution is 6.28. The molecule has 0 spiro atoms. The molecule has 6 nitrogen and oxygen atoms in total. The predicted molar refractivity (Wildman–Crippen MR) is 67.6 cm³/mol. The summed E-state index contributed by atoms with van der Waals surface area (Å²) in [5, 5.41) is -0.293. The molecule has 8 heteroatoms. The monoisotopic (exact) mass is 304 g/mol. The van der Waals surface area contributed by atoms with Gasteiger partial charge in [-0.05, 0) is 32.4 Å². The standard InChI is InChI=1S/C12H14ClFN2O4/c1-12(2,3)20-10(18)7(9(17)19-4)8-6(14)5-15-11(13)16-8/h5,7H,1-4H3. The van der Waals surface area contributed by atoms with Crippen molar-refractivity contribution in [2.75, 3.05) is 7.11 Å². The van der Waals surface area contributed by atoms with Gasteiger partial charge < -0.3 is 9.47 Å². The molecule has 0 radical (unpaired) electrons. The molecular weight excluding hydrogens is 291 g/mol. The van der Waals surface area contributed by atoms with Gasteiger partial charge in [-0.1, -0.05) is 0 Å². The molecule has 1 aromatic heterocycles. The molecular formula is C12H14ClFN2O4. The Hall–Kier alpha value is -1.76. The minimum atomic E-state index is -1.65. The van der Waals surface area contributed by atoms with E-state index >= 15 is 0 Å². The zero-order valence-electron chi connectivity index (χ0n) is 11.4. The molecule has 0 saturated carbocycles. The molecule has 0 bridgehead atoms. The zero-order chi connectivity index (χ0) is 15.5. The first-order valence-electron chi connectivity index (χ1n) is 5.64. The first kappa shape index (κ1) is 16.3. The van der Waals surface area contributed by atoms with E-state index < -0.39 is 35.0 Å². The van der Waals surface area contributed by atoms with Crippen LogP contribution in [0.15, 0.2) is 6.20 Å². The van der Waals surface area contributed by atoms with Crippen molar-refractivity contribution in [2.24, 2.45) is 0 Å². The molecule has 1 aromatic rings. The lowest BCUT2D eigenvalue weighted by atomic mass is 10.0. The maximum Gasteiger partial charge on any atom is 0.327 e. The average molecular weight is 305 g/mol. The number of ether oxygens (including phenoxy) is 2. The SMILES string of the molecule is COC(=O)C(C(=O)OC(C)(C)C)c1nc(Cl)ncc1F.